The third-order valence-corrected chi connectivity index (χ3v) is 6.39. The summed E-state index contributed by atoms with van der Waals surface area (Å²) in [5, 5.41) is 0. The van der Waals surface area contributed by atoms with Crippen molar-refractivity contribution in [2.45, 2.75) is 129 Å². The maximum absolute atomic E-state index is 12.1. The quantitative estimate of drug-likeness (QED) is 0.150. The molecule has 1 rings (SSSR count). The molecule has 166 valence electrons. The highest BCUT2D eigenvalue weighted by atomic mass is 16.5. The van der Waals surface area contributed by atoms with Crippen molar-refractivity contribution in [1.82, 2.24) is 0 Å². The average molecular weight is 397 g/mol. The van der Waals surface area contributed by atoms with Crippen LogP contribution in [-0.2, 0) is 9.53 Å². The Morgan fingerprint density at radius 1 is 0.750 bits per heavy atom. The van der Waals surface area contributed by atoms with Crippen LogP contribution in [0.15, 0.2) is 0 Å². The van der Waals surface area contributed by atoms with Crippen molar-refractivity contribution in [3.05, 3.63) is 0 Å². The summed E-state index contributed by atoms with van der Waals surface area (Å²) in [7, 11) is 4.51. The molecule has 0 unspecified atom stereocenters. The van der Waals surface area contributed by atoms with Crippen LogP contribution in [0.25, 0.3) is 0 Å². The van der Waals surface area contributed by atoms with Crippen LogP contribution in [0.5, 0.6) is 0 Å². The van der Waals surface area contributed by atoms with Crippen molar-refractivity contribution in [3.63, 3.8) is 0 Å². The van der Waals surface area contributed by atoms with E-state index in [1.165, 1.54) is 103 Å². The molecule has 28 heavy (non-hydrogen) atoms. The van der Waals surface area contributed by atoms with Crippen molar-refractivity contribution >= 4 is 5.97 Å². The highest BCUT2D eigenvalue weighted by molar-refractivity contribution is 5.69. The summed E-state index contributed by atoms with van der Waals surface area (Å²) in [6, 6.07) is 0. The van der Waals surface area contributed by atoms with E-state index in [1.807, 2.05) is 0 Å². The molecule has 3 heteroatoms. The van der Waals surface area contributed by atoms with E-state index in [0.29, 0.717) is 6.42 Å². The van der Waals surface area contributed by atoms with Gasteiger partial charge in [0, 0.05) is 0 Å². The van der Waals surface area contributed by atoms with Gasteiger partial charge in [0.2, 0.25) is 0 Å². The van der Waals surface area contributed by atoms with E-state index >= 15 is 0 Å². The van der Waals surface area contributed by atoms with Gasteiger partial charge in [0.15, 0.2) is 0 Å². The van der Waals surface area contributed by atoms with E-state index in [1.54, 1.807) is 0 Å². The zero-order valence-electron chi connectivity index (χ0n) is 19.5. The second-order valence-corrected chi connectivity index (χ2v) is 9.77. The molecule has 1 fully saturated rings. The van der Waals surface area contributed by atoms with Gasteiger partial charge in [-0.1, -0.05) is 77.6 Å². The number of esters is 1. The number of hydrogen-bond donors (Lipinski definition) is 0. The molecule has 0 bridgehead atoms. The first-order valence-electron chi connectivity index (χ1n) is 12.5. The number of nitrogens with zero attached hydrogens (tertiary/aromatic N) is 1. The molecule has 1 saturated carbocycles. The Morgan fingerprint density at radius 2 is 1.25 bits per heavy atom. The molecule has 0 aromatic heterocycles. The first kappa shape index (κ1) is 25.5. The SMILES string of the molecule is CCCCCCCCCCCCCC[N+](C)(C)CCC(=O)OC1CCCCC1. The van der Waals surface area contributed by atoms with Crippen LogP contribution >= 0.6 is 0 Å². The molecule has 0 aromatic carbocycles. The molecule has 0 aliphatic heterocycles. The first-order valence-corrected chi connectivity index (χ1v) is 12.5. The molecule has 1 aliphatic rings. The Balaban J connectivity index is 1.92. The lowest BCUT2D eigenvalue weighted by Crippen LogP contribution is -2.42. The zero-order chi connectivity index (χ0) is 20.5. The number of unbranched alkanes of at least 4 members (excludes halogenated alkanes) is 11. The fourth-order valence-electron chi connectivity index (χ4n) is 4.31. The summed E-state index contributed by atoms with van der Waals surface area (Å²) in [5.74, 6) is 0.0211. The number of carbonyl (C=O) groups is 1. The molecular formula is C25H50NO2+. The van der Waals surface area contributed by atoms with Gasteiger partial charge in [-0.3, -0.25) is 4.79 Å². The zero-order valence-corrected chi connectivity index (χ0v) is 19.5. The Hall–Kier alpha value is -0.570. The van der Waals surface area contributed by atoms with Crippen molar-refractivity contribution in [2.24, 2.45) is 0 Å². The third kappa shape index (κ3) is 14.4. The van der Waals surface area contributed by atoms with Gasteiger partial charge in [-0.05, 0) is 38.5 Å². The summed E-state index contributed by atoms with van der Waals surface area (Å²) >= 11 is 0. The van der Waals surface area contributed by atoms with Crippen LogP contribution in [0, 0.1) is 0 Å². The molecule has 1 aliphatic carbocycles. The van der Waals surface area contributed by atoms with E-state index in [9.17, 15) is 4.79 Å². The van der Waals surface area contributed by atoms with Gasteiger partial charge in [-0.2, -0.15) is 0 Å². The summed E-state index contributed by atoms with van der Waals surface area (Å²) in [6.45, 7) is 4.36. The van der Waals surface area contributed by atoms with E-state index < -0.39 is 0 Å². The van der Waals surface area contributed by atoms with E-state index in [-0.39, 0.29) is 12.1 Å². The van der Waals surface area contributed by atoms with Crippen LogP contribution in [0.2, 0.25) is 0 Å². The fraction of sp³-hybridized carbons (Fsp3) is 0.960. The fourth-order valence-corrected chi connectivity index (χ4v) is 4.31. The predicted molar refractivity (Wildman–Crippen MR) is 121 cm³/mol. The molecule has 3 nitrogen and oxygen atoms in total. The van der Waals surface area contributed by atoms with Gasteiger partial charge in [-0.25, -0.2) is 0 Å². The molecule has 0 heterocycles. The molecule has 0 saturated heterocycles. The van der Waals surface area contributed by atoms with Gasteiger partial charge < -0.3 is 9.22 Å². The largest absolute Gasteiger partial charge is 0.462 e. The Kier molecular flexibility index (Phi) is 14.8. The summed E-state index contributed by atoms with van der Waals surface area (Å²) in [5.41, 5.74) is 0. The van der Waals surface area contributed by atoms with Gasteiger partial charge >= 0.3 is 5.97 Å². The predicted octanol–water partition coefficient (Wildman–Crippen LogP) is 7.03. The molecule has 0 atom stereocenters. The van der Waals surface area contributed by atoms with E-state index in [0.717, 1.165) is 23.9 Å². The van der Waals surface area contributed by atoms with Gasteiger partial charge in [0.1, 0.15) is 6.10 Å². The molecule has 0 N–H and O–H groups in total. The minimum absolute atomic E-state index is 0.0211. The lowest BCUT2D eigenvalue weighted by molar-refractivity contribution is -0.890. The topological polar surface area (TPSA) is 26.3 Å². The Bertz CT molecular complexity index is 375. The van der Waals surface area contributed by atoms with Crippen molar-refractivity contribution in [1.29, 1.82) is 0 Å². The minimum Gasteiger partial charge on any atom is -0.462 e. The van der Waals surface area contributed by atoms with Crippen LogP contribution in [0.1, 0.15) is 122 Å². The summed E-state index contributed by atoms with van der Waals surface area (Å²) < 4.78 is 6.60. The van der Waals surface area contributed by atoms with Crippen LogP contribution < -0.4 is 0 Å². The van der Waals surface area contributed by atoms with Gasteiger partial charge in [0.05, 0.1) is 33.6 Å². The second-order valence-electron chi connectivity index (χ2n) is 9.77. The monoisotopic (exact) mass is 396 g/mol. The number of rotatable bonds is 17. The van der Waals surface area contributed by atoms with Crippen LogP contribution in [0.3, 0.4) is 0 Å². The van der Waals surface area contributed by atoms with Crippen molar-refractivity contribution < 1.29 is 14.0 Å². The molecule has 0 radical (unpaired) electrons. The smallest absolute Gasteiger partial charge is 0.311 e. The maximum Gasteiger partial charge on any atom is 0.311 e. The number of carbonyl (C=O) groups excluding carboxylic acids is 1. The number of quaternary nitrogens is 1. The second kappa shape index (κ2) is 16.3. The number of ether oxygens (including phenoxy) is 1. The Labute approximate surface area is 176 Å². The molecule has 0 amide bonds. The van der Waals surface area contributed by atoms with E-state index in [4.69, 9.17) is 4.74 Å². The normalized spacial score (nSPS) is 15.7. The third-order valence-electron chi connectivity index (χ3n) is 6.39. The van der Waals surface area contributed by atoms with Crippen LogP contribution in [0.4, 0.5) is 0 Å². The van der Waals surface area contributed by atoms with Crippen molar-refractivity contribution in [3.8, 4) is 0 Å². The highest BCUT2D eigenvalue weighted by Crippen LogP contribution is 2.21. The summed E-state index contributed by atoms with van der Waals surface area (Å²) in [6.07, 6.45) is 23.4. The molecular weight excluding hydrogens is 346 g/mol. The maximum atomic E-state index is 12.1. The van der Waals surface area contributed by atoms with Crippen LogP contribution in [-0.4, -0.2) is 43.7 Å². The standard InChI is InChI=1S/C25H50NO2/c1-4-5-6-7-8-9-10-11-12-13-14-18-22-26(2,3)23-21-25(27)28-24-19-16-15-17-20-24/h24H,4-23H2,1-3H3/q+1. The highest BCUT2D eigenvalue weighted by Gasteiger charge is 2.21. The van der Waals surface area contributed by atoms with E-state index in [2.05, 4.69) is 21.0 Å². The minimum atomic E-state index is 0.0211. The molecule has 0 aromatic rings. The average Bonchev–Trinajstić information content (AvgIpc) is 2.68. The summed E-state index contributed by atoms with van der Waals surface area (Å²) in [4.78, 5) is 12.1. The lowest BCUT2D eigenvalue weighted by atomic mass is 9.98. The molecule has 0 spiro atoms. The van der Waals surface area contributed by atoms with Gasteiger partial charge in [0.25, 0.3) is 0 Å². The van der Waals surface area contributed by atoms with Crippen molar-refractivity contribution in [2.75, 3.05) is 27.2 Å². The lowest BCUT2D eigenvalue weighted by Gasteiger charge is -2.30. The Morgan fingerprint density at radius 3 is 1.79 bits per heavy atom. The van der Waals surface area contributed by atoms with Gasteiger partial charge in [-0.15, -0.1) is 0 Å². The first-order chi connectivity index (χ1) is 13.5. The number of hydrogen-bond acceptors (Lipinski definition) is 2.